The molecule has 0 bridgehead atoms. The smallest absolute Gasteiger partial charge is 0.317 e. The van der Waals surface area contributed by atoms with Crippen LogP contribution in [0.15, 0.2) is 0 Å². The fourth-order valence-corrected chi connectivity index (χ4v) is 1.84. The molecule has 1 aliphatic rings. The van der Waals surface area contributed by atoms with Crippen LogP contribution in [0.5, 0.6) is 0 Å². The summed E-state index contributed by atoms with van der Waals surface area (Å²) in [6, 6.07) is 0.760. The number of hydrogen-bond acceptors (Lipinski definition) is 2. The number of nitrogens with two attached hydrogens (primary N) is 1. The van der Waals surface area contributed by atoms with E-state index in [9.17, 15) is 4.79 Å². The van der Waals surface area contributed by atoms with E-state index in [1.807, 2.05) is 18.7 Å². The highest BCUT2D eigenvalue weighted by Crippen LogP contribution is 2.15. The van der Waals surface area contributed by atoms with E-state index in [2.05, 4.69) is 12.2 Å². The number of urea groups is 1. The zero-order chi connectivity index (χ0) is 10.7. The summed E-state index contributed by atoms with van der Waals surface area (Å²) < 4.78 is 0. The van der Waals surface area contributed by atoms with Crippen molar-refractivity contribution >= 4 is 6.03 Å². The summed E-state index contributed by atoms with van der Waals surface area (Å²) in [5, 5.41) is 2.90. The largest absolute Gasteiger partial charge is 0.336 e. The first-order chi connectivity index (χ1) is 6.50. The molecule has 0 radical (unpaired) electrons. The van der Waals surface area contributed by atoms with Crippen molar-refractivity contribution in [2.45, 2.75) is 51.7 Å². The van der Waals surface area contributed by atoms with Crippen LogP contribution in [0.2, 0.25) is 0 Å². The molecular weight excluding hydrogens is 178 g/mol. The molecular formula is C10H21N3O. The predicted octanol–water partition coefficient (Wildman–Crippen LogP) is 0.916. The van der Waals surface area contributed by atoms with Gasteiger partial charge in [0, 0.05) is 24.7 Å². The molecule has 82 valence electrons. The SMILES string of the molecule is CC(C)NC(=O)N1CCC(N)CC1C. The van der Waals surface area contributed by atoms with Gasteiger partial charge in [0.25, 0.3) is 0 Å². The Balaban J connectivity index is 2.47. The Morgan fingerprint density at radius 2 is 2.21 bits per heavy atom. The topological polar surface area (TPSA) is 58.4 Å². The Bertz CT molecular complexity index is 206. The minimum Gasteiger partial charge on any atom is -0.336 e. The van der Waals surface area contributed by atoms with Gasteiger partial charge in [-0.3, -0.25) is 0 Å². The molecule has 2 atom stereocenters. The minimum absolute atomic E-state index is 0.0411. The van der Waals surface area contributed by atoms with Gasteiger partial charge in [0.15, 0.2) is 0 Å². The lowest BCUT2D eigenvalue weighted by Gasteiger charge is -2.36. The zero-order valence-corrected chi connectivity index (χ0v) is 9.29. The third kappa shape index (κ3) is 2.87. The van der Waals surface area contributed by atoms with Crippen molar-refractivity contribution < 1.29 is 4.79 Å². The lowest BCUT2D eigenvalue weighted by atomic mass is 10.00. The highest BCUT2D eigenvalue weighted by Gasteiger charge is 2.26. The van der Waals surface area contributed by atoms with Crippen molar-refractivity contribution in [1.82, 2.24) is 10.2 Å². The Morgan fingerprint density at radius 3 is 2.71 bits per heavy atom. The number of carbonyl (C=O) groups excluding carboxylic acids is 1. The number of nitrogens with one attached hydrogen (secondary N) is 1. The summed E-state index contributed by atoms with van der Waals surface area (Å²) in [5.41, 5.74) is 5.83. The van der Waals surface area contributed by atoms with Gasteiger partial charge in [-0.2, -0.15) is 0 Å². The highest BCUT2D eigenvalue weighted by atomic mass is 16.2. The van der Waals surface area contributed by atoms with Crippen molar-refractivity contribution in [1.29, 1.82) is 0 Å². The fraction of sp³-hybridized carbons (Fsp3) is 0.900. The van der Waals surface area contributed by atoms with Crippen molar-refractivity contribution in [3.63, 3.8) is 0 Å². The molecule has 0 aliphatic carbocycles. The normalized spacial score (nSPS) is 27.9. The summed E-state index contributed by atoms with van der Waals surface area (Å²) in [7, 11) is 0. The molecule has 3 N–H and O–H groups in total. The van der Waals surface area contributed by atoms with E-state index >= 15 is 0 Å². The quantitative estimate of drug-likeness (QED) is 0.659. The van der Waals surface area contributed by atoms with Crippen LogP contribution < -0.4 is 11.1 Å². The molecule has 0 spiro atoms. The van der Waals surface area contributed by atoms with Crippen LogP contribution in [0.3, 0.4) is 0 Å². The summed E-state index contributed by atoms with van der Waals surface area (Å²) in [6.45, 7) is 6.77. The number of carbonyl (C=O) groups is 1. The molecule has 1 rings (SSSR count). The first-order valence-corrected chi connectivity index (χ1v) is 5.33. The number of amides is 2. The van der Waals surface area contributed by atoms with E-state index in [0.29, 0.717) is 0 Å². The summed E-state index contributed by atoms with van der Waals surface area (Å²) in [6.07, 6.45) is 1.82. The van der Waals surface area contributed by atoms with Gasteiger partial charge in [0.1, 0.15) is 0 Å². The molecule has 2 amide bonds. The Hall–Kier alpha value is -0.770. The molecule has 1 aliphatic heterocycles. The average molecular weight is 199 g/mol. The number of nitrogens with zero attached hydrogens (tertiary/aromatic N) is 1. The number of piperidine rings is 1. The lowest BCUT2D eigenvalue weighted by Crippen LogP contribution is -2.52. The van der Waals surface area contributed by atoms with Gasteiger partial charge in [-0.1, -0.05) is 0 Å². The van der Waals surface area contributed by atoms with Gasteiger partial charge in [0.2, 0.25) is 0 Å². The molecule has 1 saturated heterocycles. The average Bonchev–Trinajstić information content (AvgIpc) is 2.01. The van der Waals surface area contributed by atoms with Crippen molar-refractivity contribution in [3.05, 3.63) is 0 Å². The first-order valence-electron chi connectivity index (χ1n) is 5.33. The molecule has 4 nitrogen and oxygen atoms in total. The van der Waals surface area contributed by atoms with Gasteiger partial charge in [-0.05, 0) is 33.6 Å². The van der Waals surface area contributed by atoms with Crippen LogP contribution in [0.25, 0.3) is 0 Å². The van der Waals surface area contributed by atoms with Crippen LogP contribution in [-0.4, -0.2) is 35.6 Å². The molecule has 1 fully saturated rings. The summed E-state index contributed by atoms with van der Waals surface area (Å²) in [5.74, 6) is 0. The van der Waals surface area contributed by atoms with Gasteiger partial charge in [0.05, 0.1) is 0 Å². The predicted molar refractivity (Wildman–Crippen MR) is 57.0 cm³/mol. The van der Waals surface area contributed by atoms with E-state index in [0.717, 1.165) is 19.4 Å². The first kappa shape index (κ1) is 11.3. The molecule has 0 aromatic carbocycles. The van der Waals surface area contributed by atoms with Crippen molar-refractivity contribution in [3.8, 4) is 0 Å². The fourth-order valence-electron chi connectivity index (χ4n) is 1.84. The molecule has 0 aromatic rings. The molecule has 14 heavy (non-hydrogen) atoms. The zero-order valence-electron chi connectivity index (χ0n) is 9.29. The van der Waals surface area contributed by atoms with Crippen LogP contribution in [0, 0.1) is 0 Å². The Labute approximate surface area is 85.8 Å². The van der Waals surface area contributed by atoms with Crippen LogP contribution >= 0.6 is 0 Å². The van der Waals surface area contributed by atoms with Crippen LogP contribution in [0.1, 0.15) is 33.6 Å². The summed E-state index contributed by atoms with van der Waals surface area (Å²) in [4.78, 5) is 13.6. The maximum Gasteiger partial charge on any atom is 0.317 e. The third-order valence-electron chi connectivity index (χ3n) is 2.59. The molecule has 0 saturated carbocycles. The van der Waals surface area contributed by atoms with Gasteiger partial charge >= 0.3 is 6.03 Å². The van der Waals surface area contributed by atoms with Crippen LogP contribution in [0.4, 0.5) is 4.79 Å². The van der Waals surface area contributed by atoms with Gasteiger partial charge in [-0.25, -0.2) is 4.79 Å². The van der Waals surface area contributed by atoms with E-state index < -0.39 is 0 Å². The molecule has 2 unspecified atom stereocenters. The number of likely N-dealkylation sites (tertiary alicyclic amines) is 1. The van der Waals surface area contributed by atoms with Crippen molar-refractivity contribution in [2.24, 2.45) is 5.73 Å². The highest BCUT2D eigenvalue weighted by molar-refractivity contribution is 5.74. The maximum atomic E-state index is 11.7. The third-order valence-corrected chi connectivity index (χ3v) is 2.59. The minimum atomic E-state index is 0.0411. The summed E-state index contributed by atoms with van der Waals surface area (Å²) >= 11 is 0. The second-order valence-corrected chi connectivity index (χ2v) is 4.43. The molecule has 1 heterocycles. The monoisotopic (exact) mass is 199 g/mol. The maximum absolute atomic E-state index is 11.7. The van der Waals surface area contributed by atoms with Gasteiger partial charge in [-0.15, -0.1) is 0 Å². The Morgan fingerprint density at radius 1 is 1.57 bits per heavy atom. The van der Waals surface area contributed by atoms with Crippen LogP contribution in [-0.2, 0) is 0 Å². The Kier molecular flexibility index (Phi) is 3.75. The van der Waals surface area contributed by atoms with Crippen molar-refractivity contribution in [2.75, 3.05) is 6.54 Å². The second-order valence-electron chi connectivity index (χ2n) is 4.43. The van der Waals surface area contributed by atoms with E-state index in [-0.39, 0.29) is 24.2 Å². The second kappa shape index (κ2) is 4.64. The number of hydrogen-bond donors (Lipinski definition) is 2. The van der Waals surface area contributed by atoms with E-state index in [4.69, 9.17) is 5.73 Å². The van der Waals surface area contributed by atoms with Gasteiger partial charge < -0.3 is 16.0 Å². The standard InChI is InChI=1S/C10H21N3O/c1-7(2)12-10(14)13-5-4-9(11)6-8(13)3/h7-9H,4-6,11H2,1-3H3,(H,12,14). The molecule has 0 aromatic heterocycles. The lowest BCUT2D eigenvalue weighted by molar-refractivity contribution is 0.149. The van der Waals surface area contributed by atoms with E-state index in [1.54, 1.807) is 0 Å². The van der Waals surface area contributed by atoms with E-state index in [1.165, 1.54) is 0 Å². The number of rotatable bonds is 1. The molecule has 4 heteroatoms.